The van der Waals surface area contributed by atoms with Gasteiger partial charge in [-0.15, -0.1) is 0 Å². The number of anilines is 1. The summed E-state index contributed by atoms with van der Waals surface area (Å²) in [6.45, 7) is 10.8. The van der Waals surface area contributed by atoms with E-state index in [1.165, 1.54) is 6.92 Å². The molecule has 7 heteroatoms. The lowest BCUT2D eigenvalue weighted by atomic mass is 9.80. The fraction of sp³-hybridized carbons (Fsp3) is 0.600. The first-order valence-electron chi connectivity index (χ1n) is 7.51. The molecule has 0 bridgehead atoms. The number of hydrogen-bond acceptors (Lipinski definition) is 5. The zero-order valence-corrected chi connectivity index (χ0v) is 13.9. The van der Waals surface area contributed by atoms with Crippen LogP contribution in [0.4, 0.5) is 5.82 Å². The van der Waals surface area contributed by atoms with E-state index in [-0.39, 0.29) is 17.1 Å². The van der Waals surface area contributed by atoms with E-state index in [0.717, 1.165) is 11.3 Å². The zero-order valence-electron chi connectivity index (χ0n) is 13.9. The van der Waals surface area contributed by atoms with Crippen LogP contribution in [0.2, 0.25) is 0 Å². The number of aromatic nitrogens is 1. The molecule has 1 aliphatic heterocycles. The summed E-state index contributed by atoms with van der Waals surface area (Å²) >= 11 is 0. The van der Waals surface area contributed by atoms with Crippen LogP contribution in [0.15, 0.2) is 18.3 Å². The molecule has 1 fully saturated rings. The van der Waals surface area contributed by atoms with Gasteiger partial charge in [0.25, 0.3) is 0 Å². The number of hydrogen-bond donors (Lipinski definition) is 2. The molecule has 1 aliphatic rings. The van der Waals surface area contributed by atoms with Crippen LogP contribution in [-0.4, -0.2) is 42.3 Å². The van der Waals surface area contributed by atoms with Gasteiger partial charge in [0, 0.05) is 31.7 Å². The van der Waals surface area contributed by atoms with E-state index in [2.05, 4.69) is 15.6 Å². The van der Waals surface area contributed by atoms with E-state index >= 15 is 0 Å². The molecule has 120 valence electrons. The Balaban J connectivity index is 1.91. The molecule has 0 aromatic carbocycles. The summed E-state index contributed by atoms with van der Waals surface area (Å²) in [5.74, 6) is 0.719. The van der Waals surface area contributed by atoms with Crippen molar-refractivity contribution in [2.75, 3.05) is 18.4 Å². The Morgan fingerprint density at radius 3 is 2.32 bits per heavy atom. The van der Waals surface area contributed by atoms with Gasteiger partial charge in [0.1, 0.15) is 5.82 Å². The minimum Gasteiger partial charge on any atom is -0.399 e. The smallest absolute Gasteiger partial charge is 0.399 e. The number of nitrogens with zero attached hydrogens (tertiary/aromatic N) is 1. The Hall–Kier alpha value is -1.60. The predicted octanol–water partition coefficient (Wildman–Crippen LogP) is 0.929. The maximum absolute atomic E-state index is 10.8. The largest absolute Gasteiger partial charge is 0.496 e. The van der Waals surface area contributed by atoms with Crippen LogP contribution in [0.25, 0.3) is 0 Å². The van der Waals surface area contributed by atoms with Crippen LogP contribution in [-0.2, 0) is 14.1 Å². The van der Waals surface area contributed by atoms with Gasteiger partial charge in [0.05, 0.1) is 11.2 Å². The maximum Gasteiger partial charge on any atom is 0.496 e. The lowest BCUT2D eigenvalue weighted by molar-refractivity contribution is -0.118. The van der Waals surface area contributed by atoms with Gasteiger partial charge in [-0.25, -0.2) is 4.98 Å². The third-order valence-corrected chi connectivity index (χ3v) is 4.12. The number of amides is 1. The minimum atomic E-state index is -0.397. The molecule has 6 nitrogen and oxygen atoms in total. The summed E-state index contributed by atoms with van der Waals surface area (Å²) in [5.41, 5.74) is 0.186. The van der Waals surface area contributed by atoms with E-state index in [0.29, 0.717) is 13.1 Å². The summed E-state index contributed by atoms with van der Waals surface area (Å²) in [5, 5.41) is 5.86. The standard InChI is InChI=1S/C15H24BN3O3/c1-11(20)17-8-9-18-13-7-6-12(10-19-13)16-21-14(2,3)15(4,5)22-16/h6-7,10H,8-9H2,1-5H3,(H,17,20)(H,18,19). The first-order valence-corrected chi connectivity index (χ1v) is 7.51. The van der Waals surface area contributed by atoms with Gasteiger partial charge in [-0.2, -0.15) is 0 Å². The van der Waals surface area contributed by atoms with Crippen LogP contribution in [0.5, 0.6) is 0 Å². The predicted molar refractivity (Wildman–Crippen MR) is 87.1 cm³/mol. The summed E-state index contributed by atoms with van der Waals surface area (Å²) in [7, 11) is -0.397. The molecule has 0 spiro atoms. The Kier molecular flexibility index (Phi) is 4.77. The molecule has 1 aromatic rings. The second-order valence-corrected chi connectivity index (χ2v) is 6.47. The Bertz CT molecular complexity index is 515. The van der Waals surface area contributed by atoms with Gasteiger partial charge >= 0.3 is 7.12 Å². The minimum absolute atomic E-state index is 0.0362. The van der Waals surface area contributed by atoms with Gasteiger partial charge in [0.15, 0.2) is 0 Å². The first-order chi connectivity index (χ1) is 10.2. The Morgan fingerprint density at radius 1 is 1.18 bits per heavy atom. The molecule has 1 aromatic heterocycles. The van der Waals surface area contributed by atoms with E-state index in [4.69, 9.17) is 9.31 Å². The Labute approximate surface area is 132 Å². The lowest BCUT2D eigenvalue weighted by Crippen LogP contribution is -2.41. The normalized spacial score (nSPS) is 19.0. The molecule has 0 radical (unpaired) electrons. The monoisotopic (exact) mass is 305 g/mol. The molecule has 1 amide bonds. The zero-order chi connectivity index (χ0) is 16.4. The number of rotatable bonds is 5. The number of nitrogens with one attached hydrogen (secondary N) is 2. The third-order valence-electron chi connectivity index (χ3n) is 4.12. The van der Waals surface area contributed by atoms with E-state index in [1.54, 1.807) is 6.20 Å². The fourth-order valence-corrected chi connectivity index (χ4v) is 2.06. The Morgan fingerprint density at radius 2 is 1.82 bits per heavy atom. The molecule has 2 N–H and O–H groups in total. The van der Waals surface area contributed by atoms with Gasteiger partial charge in [-0.1, -0.05) is 6.07 Å². The summed E-state index contributed by atoms with van der Waals surface area (Å²) in [6, 6.07) is 3.82. The van der Waals surface area contributed by atoms with Crippen molar-refractivity contribution in [1.29, 1.82) is 0 Å². The maximum atomic E-state index is 10.8. The molecule has 1 saturated heterocycles. The third kappa shape index (κ3) is 3.78. The van der Waals surface area contributed by atoms with Gasteiger partial charge in [-0.05, 0) is 33.8 Å². The topological polar surface area (TPSA) is 72.5 Å². The van der Waals surface area contributed by atoms with Crippen molar-refractivity contribution in [3.63, 3.8) is 0 Å². The lowest BCUT2D eigenvalue weighted by Gasteiger charge is -2.32. The van der Waals surface area contributed by atoms with Crippen molar-refractivity contribution in [3.8, 4) is 0 Å². The first kappa shape index (κ1) is 16.8. The van der Waals surface area contributed by atoms with Crippen LogP contribution in [0, 0.1) is 0 Å². The summed E-state index contributed by atoms with van der Waals surface area (Å²) in [4.78, 5) is 15.1. The van der Waals surface area contributed by atoms with Gasteiger partial charge < -0.3 is 19.9 Å². The molecule has 0 atom stereocenters. The average molecular weight is 305 g/mol. The van der Waals surface area contributed by atoms with Gasteiger partial charge in [0.2, 0.25) is 5.91 Å². The number of pyridine rings is 1. The van der Waals surface area contributed by atoms with Crippen molar-refractivity contribution in [2.45, 2.75) is 45.8 Å². The molecule has 2 rings (SSSR count). The van der Waals surface area contributed by atoms with Crippen molar-refractivity contribution < 1.29 is 14.1 Å². The molecule has 2 heterocycles. The second kappa shape index (κ2) is 6.26. The summed E-state index contributed by atoms with van der Waals surface area (Å²) < 4.78 is 12.0. The molecule has 22 heavy (non-hydrogen) atoms. The van der Waals surface area contributed by atoms with Crippen molar-refractivity contribution >= 4 is 24.3 Å². The van der Waals surface area contributed by atoms with Crippen LogP contribution < -0.4 is 16.1 Å². The van der Waals surface area contributed by atoms with Crippen LogP contribution >= 0.6 is 0 Å². The van der Waals surface area contributed by atoms with E-state index in [1.807, 2.05) is 39.8 Å². The number of carbonyl (C=O) groups is 1. The molecular formula is C15H24BN3O3. The van der Waals surface area contributed by atoms with E-state index in [9.17, 15) is 4.79 Å². The fourth-order valence-electron chi connectivity index (χ4n) is 2.06. The molecule has 0 aliphatic carbocycles. The van der Waals surface area contributed by atoms with Crippen molar-refractivity contribution in [1.82, 2.24) is 10.3 Å². The number of carbonyl (C=O) groups excluding carboxylic acids is 1. The highest BCUT2D eigenvalue weighted by atomic mass is 16.7. The van der Waals surface area contributed by atoms with Crippen molar-refractivity contribution in [2.24, 2.45) is 0 Å². The quantitative estimate of drug-likeness (QED) is 0.625. The summed E-state index contributed by atoms with van der Waals surface area (Å²) in [6.07, 6.45) is 1.75. The van der Waals surface area contributed by atoms with Crippen LogP contribution in [0.3, 0.4) is 0 Å². The van der Waals surface area contributed by atoms with E-state index < -0.39 is 7.12 Å². The molecule has 0 unspecified atom stereocenters. The second-order valence-electron chi connectivity index (χ2n) is 6.47. The average Bonchev–Trinajstić information content (AvgIpc) is 2.64. The highest BCUT2D eigenvalue weighted by Gasteiger charge is 2.51. The highest BCUT2D eigenvalue weighted by molar-refractivity contribution is 6.62. The molecular weight excluding hydrogens is 281 g/mol. The van der Waals surface area contributed by atoms with Crippen molar-refractivity contribution in [3.05, 3.63) is 18.3 Å². The van der Waals surface area contributed by atoms with Crippen LogP contribution in [0.1, 0.15) is 34.6 Å². The SMILES string of the molecule is CC(=O)NCCNc1ccc(B2OC(C)(C)C(C)(C)O2)cn1. The molecule has 0 saturated carbocycles. The highest BCUT2D eigenvalue weighted by Crippen LogP contribution is 2.36. The van der Waals surface area contributed by atoms with Gasteiger partial charge in [-0.3, -0.25) is 4.79 Å².